The number of hydrogen-bond donors (Lipinski definition) is 2. The first-order chi connectivity index (χ1) is 13.5. The van der Waals surface area contributed by atoms with Gasteiger partial charge in [0.2, 0.25) is 5.91 Å². The number of carbonyl (C=O) groups excluding carboxylic acids is 1. The number of amides is 1. The number of nitrogens with zero attached hydrogens (tertiary/aromatic N) is 2. The Hall–Kier alpha value is -2.29. The Bertz CT molecular complexity index is 1010. The minimum atomic E-state index is -0.0948. The predicted molar refractivity (Wildman–Crippen MR) is 121 cm³/mol. The molecule has 28 heavy (non-hydrogen) atoms. The summed E-state index contributed by atoms with van der Waals surface area (Å²) in [6.45, 7) is 1.50. The average Bonchev–Trinajstić information content (AvgIpc) is 3.26. The normalized spacial score (nSPS) is 18.8. The highest BCUT2D eigenvalue weighted by molar-refractivity contribution is 9.11. The number of carbonyl (C=O) groups is 1. The number of hydrogen-bond acceptors (Lipinski definition) is 4. The van der Waals surface area contributed by atoms with Gasteiger partial charge in [-0.2, -0.15) is 0 Å². The highest BCUT2D eigenvalue weighted by atomic mass is 79.9. The van der Waals surface area contributed by atoms with Crippen molar-refractivity contribution < 1.29 is 4.79 Å². The van der Waals surface area contributed by atoms with Crippen molar-refractivity contribution in [2.75, 3.05) is 10.2 Å². The molecular weight excluding hydrogens is 456 g/mol. The lowest BCUT2D eigenvalue weighted by atomic mass is 10.0. The third-order valence-electron chi connectivity index (χ3n) is 4.45. The first-order valence-corrected chi connectivity index (χ1v) is 10.7. The largest absolute Gasteiger partial charge is 0.351 e. The fourth-order valence-corrected chi connectivity index (χ4v) is 5.22. The topological polar surface area (TPSA) is 57.3 Å². The maximum Gasteiger partial charge on any atom is 0.221 e. The molecule has 2 atom stereocenters. The molecule has 0 radical (unpaired) electrons. The second-order valence-corrected chi connectivity index (χ2v) is 9.25. The fourth-order valence-electron chi connectivity index (χ4n) is 3.32. The standard InChI is InChI=1S/C20H17BrN4OS2/c1-12(26)23-13-5-7-14(8-6-13)25-19(16-9-10-17(21)28-16)18(24-20(25)27)15-4-2-3-11-22-15/h2-11,18-19H,1H3,(H,23,26)(H,24,27)/t18-,19+/m1/s1. The van der Waals surface area contributed by atoms with E-state index >= 15 is 0 Å². The second kappa shape index (κ2) is 7.98. The molecule has 1 saturated heterocycles. The maximum absolute atomic E-state index is 11.3. The average molecular weight is 473 g/mol. The van der Waals surface area contributed by atoms with E-state index in [0.717, 1.165) is 20.9 Å². The molecule has 2 aromatic heterocycles. The van der Waals surface area contributed by atoms with Crippen LogP contribution in [-0.4, -0.2) is 16.0 Å². The molecule has 4 rings (SSSR count). The first kappa shape index (κ1) is 19.0. The summed E-state index contributed by atoms with van der Waals surface area (Å²) < 4.78 is 1.07. The second-order valence-electron chi connectivity index (χ2n) is 6.37. The molecule has 3 aromatic rings. The van der Waals surface area contributed by atoms with Gasteiger partial charge in [0, 0.05) is 29.4 Å². The fraction of sp³-hybridized carbons (Fsp3) is 0.150. The van der Waals surface area contributed by atoms with Gasteiger partial charge in [0.15, 0.2) is 5.11 Å². The zero-order chi connectivity index (χ0) is 19.7. The van der Waals surface area contributed by atoms with Crippen molar-refractivity contribution in [3.63, 3.8) is 0 Å². The molecule has 1 aliphatic heterocycles. The number of pyridine rings is 1. The Morgan fingerprint density at radius 1 is 1.21 bits per heavy atom. The zero-order valence-electron chi connectivity index (χ0n) is 14.9. The van der Waals surface area contributed by atoms with Crippen LogP contribution in [0.3, 0.4) is 0 Å². The van der Waals surface area contributed by atoms with Crippen LogP contribution in [0.25, 0.3) is 0 Å². The van der Waals surface area contributed by atoms with Gasteiger partial charge in [-0.3, -0.25) is 9.78 Å². The smallest absolute Gasteiger partial charge is 0.221 e. The summed E-state index contributed by atoms with van der Waals surface area (Å²) in [6.07, 6.45) is 1.80. The van der Waals surface area contributed by atoms with Gasteiger partial charge in [0.1, 0.15) is 0 Å². The Labute approximate surface area is 180 Å². The summed E-state index contributed by atoms with van der Waals surface area (Å²) >= 11 is 11.0. The van der Waals surface area contributed by atoms with Gasteiger partial charge in [0.25, 0.3) is 0 Å². The third-order valence-corrected chi connectivity index (χ3v) is 6.46. The Balaban J connectivity index is 1.74. The Morgan fingerprint density at radius 3 is 2.61 bits per heavy atom. The minimum absolute atomic E-state index is 0.0229. The van der Waals surface area contributed by atoms with Gasteiger partial charge in [-0.1, -0.05) is 6.07 Å². The molecule has 1 aliphatic rings. The first-order valence-electron chi connectivity index (χ1n) is 8.66. The van der Waals surface area contributed by atoms with Crippen LogP contribution in [0, 0.1) is 0 Å². The predicted octanol–water partition coefficient (Wildman–Crippen LogP) is 5.04. The van der Waals surface area contributed by atoms with E-state index in [2.05, 4.69) is 48.6 Å². The van der Waals surface area contributed by atoms with Crippen LogP contribution in [0.1, 0.15) is 29.6 Å². The van der Waals surface area contributed by atoms with Crippen LogP contribution in [0.5, 0.6) is 0 Å². The van der Waals surface area contributed by atoms with Crippen molar-refractivity contribution >= 4 is 61.9 Å². The Morgan fingerprint density at radius 2 is 2.00 bits per heavy atom. The molecule has 3 heterocycles. The van der Waals surface area contributed by atoms with Gasteiger partial charge in [-0.15, -0.1) is 11.3 Å². The summed E-state index contributed by atoms with van der Waals surface area (Å²) in [5, 5.41) is 6.88. The number of anilines is 2. The lowest BCUT2D eigenvalue weighted by Crippen LogP contribution is -2.29. The lowest BCUT2D eigenvalue weighted by molar-refractivity contribution is -0.114. The molecule has 0 aliphatic carbocycles. The van der Waals surface area contributed by atoms with E-state index in [-0.39, 0.29) is 18.0 Å². The monoisotopic (exact) mass is 472 g/mol. The highest BCUT2D eigenvalue weighted by Gasteiger charge is 2.41. The van der Waals surface area contributed by atoms with Gasteiger partial charge >= 0.3 is 0 Å². The number of thiophene rings is 1. The molecule has 1 aromatic carbocycles. The van der Waals surface area contributed by atoms with Crippen LogP contribution in [-0.2, 0) is 4.79 Å². The molecule has 0 bridgehead atoms. The summed E-state index contributed by atoms with van der Waals surface area (Å²) in [4.78, 5) is 19.1. The molecule has 8 heteroatoms. The molecule has 1 fully saturated rings. The molecule has 0 saturated carbocycles. The van der Waals surface area contributed by atoms with Crippen molar-refractivity contribution in [3.05, 3.63) is 75.2 Å². The number of aromatic nitrogens is 1. The van der Waals surface area contributed by atoms with Crippen molar-refractivity contribution in [1.29, 1.82) is 0 Å². The summed E-state index contributed by atoms with van der Waals surface area (Å²) in [7, 11) is 0. The molecule has 142 valence electrons. The zero-order valence-corrected chi connectivity index (χ0v) is 18.1. The van der Waals surface area contributed by atoms with Crippen molar-refractivity contribution in [3.8, 4) is 0 Å². The van der Waals surface area contributed by atoms with Gasteiger partial charge in [0.05, 0.1) is 21.6 Å². The van der Waals surface area contributed by atoms with Gasteiger partial charge in [-0.25, -0.2) is 0 Å². The van der Waals surface area contributed by atoms with E-state index in [9.17, 15) is 4.79 Å². The van der Waals surface area contributed by atoms with Crippen molar-refractivity contribution in [1.82, 2.24) is 10.3 Å². The van der Waals surface area contributed by atoms with E-state index in [1.807, 2.05) is 42.5 Å². The number of halogens is 1. The molecular formula is C20H17BrN4OS2. The van der Waals surface area contributed by atoms with Crippen LogP contribution in [0.15, 0.2) is 64.6 Å². The van der Waals surface area contributed by atoms with Crippen LogP contribution in [0.2, 0.25) is 0 Å². The van der Waals surface area contributed by atoms with Crippen molar-refractivity contribution in [2.45, 2.75) is 19.0 Å². The van der Waals surface area contributed by atoms with Gasteiger partial charge in [-0.05, 0) is 76.7 Å². The number of nitrogens with one attached hydrogen (secondary N) is 2. The SMILES string of the molecule is CC(=O)Nc1ccc(N2C(=S)N[C@H](c3ccccn3)[C@@H]2c2ccc(Br)s2)cc1. The van der Waals surface area contributed by atoms with E-state index < -0.39 is 0 Å². The van der Waals surface area contributed by atoms with Crippen LogP contribution >= 0.6 is 39.5 Å². The summed E-state index contributed by atoms with van der Waals surface area (Å²) in [5.74, 6) is -0.0948. The van der Waals surface area contributed by atoms with E-state index in [1.54, 1.807) is 17.5 Å². The number of benzene rings is 1. The minimum Gasteiger partial charge on any atom is -0.351 e. The summed E-state index contributed by atoms with van der Waals surface area (Å²) in [5.41, 5.74) is 2.65. The van der Waals surface area contributed by atoms with E-state index in [4.69, 9.17) is 12.2 Å². The molecule has 0 spiro atoms. The maximum atomic E-state index is 11.3. The van der Waals surface area contributed by atoms with Crippen LogP contribution < -0.4 is 15.5 Å². The van der Waals surface area contributed by atoms with Crippen molar-refractivity contribution in [2.24, 2.45) is 0 Å². The molecule has 2 N–H and O–H groups in total. The van der Waals surface area contributed by atoms with E-state index in [0.29, 0.717) is 5.11 Å². The van der Waals surface area contributed by atoms with Crippen LogP contribution in [0.4, 0.5) is 11.4 Å². The number of thiocarbonyl (C=S) groups is 1. The van der Waals surface area contributed by atoms with Gasteiger partial charge < -0.3 is 15.5 Å². The number of rotatable bonds is 4. The van der Waals surface area contributed by atoms with E-state index in [1.165, 1.54) is 11.8 Å². The molecule has 0 unspecified atom stereocenters. The Kier molecular flexibility index (Phi) is 5.43. The highest BCUT2D eigenvalue weighted by Crippen LogP contribution is 2.44. The lowest BCUT2D eigenvalue weighted by Gasteiger charge is -2.27. The molecule has 1 amide bonds. The quantitative estimate of drug-likeness (QED) is 0.520. The summed E-state index contributed by atoms with van der Waals surface area (Å²) in [6, 6.07) is 17.7. The third kappa shape index (κ3) is 3.80. The molecule has 5 nitrogen and oxygen atoms in total.